The first-order chi connectivity index (χ1) is 15.0. The van der Waals surface area contributed by atoms with E-state index in [1.54, 1.807) is 24.3 Å². The van der Waals surface area contributed by atoms with Crippen LogP contribution in [-0.4, -0.2) is 18.0 Å². The molecule has 31 heavy (non-hydrogen) atoms. The Hall–Kier alpha value is -3.16. The van der Waals surface area contributed by atoms with Crippen molar-refractivity contribution in [3.63, 3.8) is 0 Å². The van der Waals surface area contributed by atoms with E-state index in [4.69, 9.17) is 16.3 Å². The summed E-state index contributed by atoms with van der Waals surface area (Å²) in [5.74, 6) is -0.409. The number of rotatable bonds is 8. The third kappa shape index (κ3) is 7.24. The van der Waals surface area contributed by atoms with E-state index in [9.17, 15) is 9.59 Å². The van der Waals surface area contributed by atoms with Crippen LogP contribution in [0.1, 0.15) is 17.5 Å². The molecule has 0 saturated heterocycles. The highest BCUT2D eigenvalue weighted by Gasteiger charge is 2.10. The van der Waals surface area contributed by atoms with Gasteiger partial charge in [0.2, 0.25) is 11.8 Å². The summed E-state index contributed by atoms with van der Waals surface area (Å²) in [6, 6.07) is 22.0. The van der Waals surface area contributed by atoms with E-state index < -0.39 is 11.8 Å². The molecule has 0 aromatic heterocycles. The van der Waals surface area contributed by atoms with Crippen molar-refractivity contribution in [2.75, 3.05) is 5.32 Å². The molecule has 3 rings (SSSR count). The minimum Gasteiger partial charge on any atom is -0.488 e. The van der Waals surface area contributed by atoms with Crippen LogP contribution < -0.4 is 15.5 Å². The van der Waals surface area contributed by atoms with Gasteiger partial charge in [0.1, 0.15) is 18.8 Å². The molecule has 2 amide bonds. The maximum atomic E-state index is 12.0. The smallest absolute Gasteiger partial charge is 0.249 e. The first kappa shape index (κ1) is 22.5. The summed E-state index contributed by atoms with van der Waals surface area (Å²) in [5, 5.41) is 6.91. The number of anilines is 1. The molecule has 0 saturated carbocycles. The van der Waals surface area contributed by atoms with Gasteiger partial charge in [0, 0.05) is 10.0 Å². The van der Waals surface area contributed by atoms with Crippen LogP contribution in [0.4, 0.5) is 5.69 Å². The number of hydrogen-bond donors (Lipinski definition) is 2. The van der Waals surface area contributed by atoms with Gasteiger partial charge in [0.05, 0.1) is 16.9 Å². The van der Waals surface area contributed by atoms with Crippen molar-refractivity contribution in [3.8, 4) is 5.75 Å². The van der Waals surface area contributed by atoms with Gasteiger partial charge < -0.3 is 10.1 Å². The van der Waals surface area contributed by atoms with E-state index in [0.29, 0.717) is 28.6 Å². The fourth-order valence-corrected chi connectivity index (χ4v) is 3.02. The highest BCUT2D eigenvalue weighted by Crippen LogP contribution is 2.20. The zero-order chi connectivity index (χ0) is 22.1. The lowest BCUT2D eigenvalue weighted by Gasteiger charge is -2.09. The van der Waals surface area contributed by atoms with Crippen molar-refractivity contribution in [3.05, 3.63) is 93.4 Å². The zero-order valence-corrected chi connectivity index (χ0v) is 18.7. The first-order valence-corrected chi connectivity index (χ1v) is 10.5. The van der Waals surface area contributed by atoms with Crippen LogP contribution in [0, 0.1) is 0 Å². The fourth-order valence-electron chi connectivity index (χ4n) is 2.58. The summed E-state index contributed by atoms with van der Waals surface area (Å²) in [6.45, 7) is 0.396. The largest absolute Gasteiger partial charge is 0.488 e. The molecule has 0 fully saturated rings. The second-order valence-electron chi connectivity index (χ2n) is 6.45. The number of benzene rings is 3. The van der Waals surface area contributed by atoms with Crippen LogP contribution >= 0.6 is 27.5 Å². The van der Waals surface area contributed by atoms with Crippen LogP contribution in [0.2, 0.25) is 5.02 Å². The lowest BCUT2D eigenvalue weighted by atomic mass is 10.2. The number of nitrogens with one attached hydrogen (secondary N) is 2. The average Bonchev–Trinajstić information content (AvgIpc) is 2.76. The predicted molar refractivity (Wildman–Crippen MR) is 125 cm³/mol. The molecule has 3 aromatic rings. The number of ether oxygens (including phenoxy) is 1. The highest BCUT2D eigenvalue weighted by molar-refractivity contribution is 9.10. The summed E-state index contributed by atoms with van der Waals surface area (Å²) < 4.78 is 6.87. The molecule has 2 N–H and O–H groups in total. The van der Waals surface area contributed by atoms with E-state index in [0.717, 1.165) is 10.0 Å². The Morgan fingerprint density at radius 3 is 2.45 bits per heavy atom. The lowest BCUT2D eigenvalue weighted by molar-refractivity contribution is -0.126. The number of carbonyl (C=O) groups is 2. The number of hydrazone groups is 1. The Balaban J connectivity index is 1.52. The fraction of sp³-hybridized carbons (Fsp3) is 0.0870. The number of amides is 2. The minimum absolute atomic E-state index is 0.385. The predicted octanol–water partition coefficient (Wildman–Crippen LogP) is 5.16. The van der Waals surface area contributed by atoms with Gasteiger partial charge in [-0.05, 0) is 42.0 Å². The van der Waals surface area contributed by atoms with Gasteiger partial charge in [0.25, 0.3) is 0 Å². The number of nitrogens with zero attached hydrogens (tertiary/aromatic N) is 1. The highest BCUT2D eigenvalue weighted by atomic mass is 79.9. The summed E-state index contributed by atoms with van der Waals surface area (Å²) >= 11 is 9.39. The van der Waals surface area contributed by atoms with Gasteiger partial charge in [-0.25, -0.2) is 5.43 Å². The summed E-state index contributed by atoms with van der Waals surface area (Å²) in [6.07, 6.45) is 1.09. The molecule has 8 heteroatoms. The SMILES string of the molecule is O=C(CC(=O)Nc1ccccc1Cl)NN=Cc1ccccc1OCc1ccc(Br)cc1. The maximum absolute atomic E-state index is 12.0. The molecule has 3 aromatic carbocycles. The number of carbonyl (C=O) groups excluding carboxylic acids is 2. The van der Waals surface area contributed by atoms with Gasteiger partial charge in [-0.1, -0.05) is 63.9 Å². The van der Waals surface area contributed by atoms with E-state index in [1.165, 1.54) is 6.21 Å². The zero-order valence-electron chi connectivity index (χ0n) is 16.3. The molecule has 0 aliphatic heterocycles. The molecule has 158 valence electrons. The van der Waals surface area contributed by atoms with E-state index in [-0.39, 0.29) is 6.42 Å². The number of hydrogen-bond acceptors (Lipinski definition) is 4. The van der Waals surface area contributed by atoms with E-state index in [1.807, 2.05) is 48.5 Å². The molecule has 0 atom stereocenters. The Morgan fingerprint density at radius 1 is 0.968 bits per heavy atom. The van der Waals surface area contributed by atoms with Crippen LogP contribution in [0.3, 0.4) is 0 Å². The Labute approximate surface area is 193 Å². The van der Waals surface area contributed by atoms with Crippen molar-refractivity contribution in [1.82, 2.24) is 5.43 Å². The molecule has 0 radical (unpaired) electrons. The van der Waals surface area contributed by atoms with Crippen molar-refractivity contribution >= 4 is 51.2 Å². The van der Waals surface area contributed by atoms with Crippen molar-refractivity contribution in [2.45, 2.75) is 13.0 Å². The van der Waals surface area contributed by atoms with Gasteiger partial charge in [-0.15, -0.1) is 0 Å². The molecule has 0 bridgehead atoms. The third-order valence-corrected chi connectivity index (χ3v) is 4.95. The topological polar surface area (TPSA) is 79.8 Å². The van der Waals surface area contributed by atoms with Crippen molar-refractivity contribution in [2.24, 2.45) is 5.10 Å². The molecule has 6 nitrogen and oxygen atoms in total. The Bertz CT molecular complexity index is 1090. The van der Waals surface area contributed by atoms with Gasteiger partial charge in [-0.2, -0.15) is 5.10 Å². The summed E-state index contributed by atoms with van der Waals surface area (Å²) in [5.41, 5.74) is 4.51. The second-order valence-corrected chi connectivity index (χ2v) is 7.77. The van der Waals surface area contributed by atoms with Crippen LogP contribution in [-0.2, 0) is 16.2 Å². The minimum atomic E-state index is -0.547. The molecule has 0 unspecified atom stereocenters. The number of halogens is 2. The Kier molecular flexibility index (Phi) is 8.20. The lowest BCUT2D eigenvalue weighted by Crippen LogP contribution is -2.24. The maximum Gasteiger partial charge on any atom is 0.249 e. The quantitative estimate of drug-likeness (QED) is 0.255. The molecular weight excluding hydrogens is 482 g/mol. The van der Waals surface area contributed by atoms with Crippen LogP contribution in [0.15, 0.2) is 82.4 Å². The standard InChI is InChI=1S/C23H19BrClN3O3/c24-18-11-9-16(10-12-18)15-31-21-8-4-1-5-17(21)14-26-28-23(30)13-22(29)27-20-7-3-2-6-19(20)25/h1-12,14H,13,15H2,(H,27,29)(H,28,30). The number of para-hydroxylation sites is 2. The van der Waals surface area contributed by atoms with Crippen LogP contribution in [0.25, 0.3) is 0 Å². The third-order valence-electron chi connectivity index (χ3n) is 4.09. The van der Waals surface area contributed by atoms with Crippen molar-refractivity contribution < 1.29 is 14.3 Å². The second kappa shape index (κ2) is 11.3. The molecule has 0 aliphatic rings. The normalized spacial score (nSPS) is 10.6. The van der Waals surface area contributed by atoms with Crippen molar-refractivity contribution in [1.29, 1.82) is 0 Å². The molecule has 0 spiro atoms. The molecular formula is C23H19BrClN3O3. The first-order valence-electron chi connectivity index (χ1n) is 9.34. The van der Waals surface area contributed by atoms with Gasteiger partial charge in [0.15, 0.2) is 0 Å². The van der Waals surface area contributed by atoms with Gasteiger partial charge in [-0.3, -0.25) is 9.59 Å². The van der Waals surface area contributed by atoms with E-state index >= 15 is 0 Å². The summed E-state index contributed by atoms with van der Waals surface area (Å²) in [7, 11) is 0. The Morgan fingerprint density at radius 2 is 1.68 bits per heavy atom. The summed E-state index contributed by atoms with van der Waals surface area (Å²) in [4.78, 5) is 24.0. The van der Waals surface area contributed by atoms with Crippen LogP contribution in [0.5, 0.6) is 5.75 Å². The monoisotopic (exact) mass is 499 g/mol. The molecule has 0 aliphatic carbocycles. The van der Waals surface area contributed by atoms with E-state index in [2.05, 4.69) is 31.8 Å². The average molecular weight is 501 g/mol. The molecule has 0 heterocycles. The van der Waals surface area contributed by atoms with Gasteiger partial charge >= 0.3 is 0 Å².